The molecule has 1 aromatic carbocycles. The van der Waals surface area contributed by atoms with E-state index < -0.39 is 3.61 Å². The van der Waals surface area contributed by atoms with Crippen molar-refractivity contribution in [3.63, 3.8) is 0 Å². The van der Waals surface area contributed by atoms with Crippen LogP contribution in [-0.2, 0) is 6.42 Å². The Labute approximate surface area is 169 Å². The zero-order valence-electron chi connectivity index (χ0n) is 14.7. The van der Waals surface area contributed by atoms with Crippen LogP contribution in [0, 0.1) is 17.3 Å². The van der Waals surface area contributed by atoms with Gasteiger partial charge in [0.15, 0.2) is 6.07 Å². The quantitative estimate of drug-likeness (QED) is 0.439. The highest BCUT2D eigenvalue weighted by Gasteiger charge is 2.60. The van der Waals surface area contributed by atoms with E-state index in [0.717, 1.165) is 37.0 Å². The molecule has 0 bridgehead atoms. The molecule has 3 aliphatic rings. The van der Waals surface area contributed by atoms with Crippen LogP contribution in [0.3, 0.4) is 0 Å². The van der Waals surface area contributed by atoms with E-state index in [-0.39, 0.29) is 11.5 Å². The summed E-state index contributed by atoms with van der Waals surface area (Å²) in [6, 6.07) is 4.64. The monoisotopic (exact) mass is 472 g/mol. The normalized spacial score (nSPS) is 39.3. The SMILES string of the molecule is C=Cc1cc2c(cc1OCCl)CC[C@@H]1[C@@H]2CC[C@@]2(C)[C@H]1CC[C@@]2(O)I. The number of alkyl halides is 2. The van der Waals surface area contributed by atoms with Crippen molar-refractivity contribution in [1.82, 2.24) is 0 Å². The molecule has 0 heterocycles. The maximum absolute atomic E-state index is 11.0. The molecular formula is C21H26ClIO2. The molecule has 0 aromatic heterocycles. The summed E-state index contributed by atoms with van der Waals surface area (Å²) in [5.41, 5.74) is 4.01. The van der Waals surface area contributed by atoms with E-state index in [2.05, 4.69) is 48.2 Å². The Balaban J connectivity index is 1.71. The van der Waals surface area contributed by atoms with Crippen LogP contribution in [0.4, 0.5) is 0 Å². The maximum Gasteiger partial charge on any atom is 0.162 e. The molecule has 4 rings (SSSR count). The van der Waals surface area contributed by atoms with Crippen molar-refractivity contribution in [1.29, 1.82) is 0 Å². The number of benzene rings is 1. The number of aliphatic hydroxyl groups is 1. The first-order valence-corrected chi connectivity index (χ1v) is 10.9. The molecule has 0 saturated heterocycles. The summed E-state index contributed by atoms with van der Waals surface area (Å²) in [7, 11) is 0. The van der Waals surface area contributed by atoms with Crippen molar-refractivity contribution in [3.8, 4) is 5.75 Å². The highest BCUT2D eigenvalue weighted by atomic mass is 127. The second kappa shape index (κ2) is 6.42. The van der Waals surface area contributed by atoms with E-state index in [1.807, 2.05) is 6.08 Å². The van der Waals surface area contributed by atoms with Crippen LogP contribution in [0.25, 0.3) is 6.08 Å². The van der Waals surface area contributed by atoms with Gasteiger partial charge in [-0.25, -0.2) is 0 Å². The number of aryl methyl sites for hydroxylation is 1. The van der Waals surface area contributed by atoms with Gasteiger partial charge in [-0.2, -0.15) is 0 Å². The third-order valence-corrected chi connectivity index (χ3v) is 9.22. The largest absolute Gasteiger partial charge is 0.477 e. The van der Waals surface area contributed by atoms with E-state index in [4.69, 9.17) is 16.3 Å². The maximum atomic E-state index is 11.0. The number of fused-ring (bicyclic) bond motifs is 5. The van der Waals surface area contributed by atoms with E-state index in [1.54, 1.807) is 0 Å². The summed E-state index contributed by atoms with van der Waals surface area (Å²) < 4.78 is 5.07. The molecule has 5 atom stereocenters. The van der Waals surface area contributed by atoms with Crippen LogP contribution in [0.15, 0.2) is 18.7 Å². The molecule has 0 unspecified atom stereocenters. The summed E-state index contributed by atoms with van der Waals surface area (Å²) in [6.45, 7) is 6.28. The topological polar surface area (TPSA) is 29.5 Å². The van der Waals surface area contributed by atoms with Crippen LogP contribution in [0.1, 0.15) is 61.6 Å². The fourth-order valence-corrected chi connectivity index (χ4v) is 7.02. The van der Waals surface area contributed by atoms with Crippen molar-refractivity contribution < 1.29 is 9.84 Å². The Kier molecular flexibility index (Phi) is 4.65. The van der Waals surface area contributed by atoms with Crippen LogP contribution < -0.4 is 4.74 Å². The molecule has 4 heteroatoms. The van der Waals surface area contributed by atoms with E-state index in [1.165, 1.54) is 24.0 Å². The lowest BCUT2D eigenvalue weighted by atomic mass is 9.55. The molecule has 0 aliphatic heterocycles. The lowest BCUT2D eigenvalue weighted by Crippen LogP contribution is -2.47. The van der Waals surface area contributed by atoms with Gasteiger partial charge in [0.25, 0.3) is 0 Å². The minimum Gasteiger partial charge on any atom is -0.477 e. The van der Waals surface area contributed by atoms with Crippen LogP contribution in [0.2, 0.25) is 0 Å². The minimum atomic E-state index is -0.537. The first kappa shape index (κ1) is 18.1. The van der Waals surface area contributed by atoms with Gasteiger partial charge in [-0.1, -0.05) is 31.2 Å². The summed E-state index contributed by atoms with van der Waals surface area (Å²) in [6.07, 6.45) is 8.57. The number of hydrogen-bond donors (Lipinski definition) is 1. The zero-order chi connectivity index (χ0) is 17.8. The Morgan fingerprint density at radius 1 is 1.36 bits per heavy atom. The smallest absolute Gasteiger partial charge is 0.162 e. The number of hydrogen-bond acceptors (Lipinski definition) is 2. The summed E-state index contributed by atoms with van der Waals surface area (Å²) in [4.78, 5) is 0. The van der Waals surface area contributed by atoms with Crippen LogP contribution >= 0.6 is 34.2 Å². The third-order valence-electron chi connectivity index (χ3n) is 7.34. The summed E-state index contributed by atoms with van der Waals surface area (Å²) in [5.74, 6) is 2.78. The summed E-state index contributed by atoms with van der Waals surface area (Å²) >= 11 is 8.10. The van der Waals surface area contributed by atoms with Gasteiger partial charge in [0.2, 0.25) is 0 Å². The van der Waals surface area contributed by atoms with E-state index in [9.17, 15) is 5.11 Å². The average molecular weight is 473 g/mol. The fraction of sp³-hybridized carbons (Fsp3) is 0.619. The van der Waals surface area contributed by atoms with Gasteiger partial charge in [-0.15, -0.1) is 0 Å². The standard InChI is InChI=1S/C21H26ClIO2/c1-3-13-10-17-14(11-19(13)25-12-22)4-5-16-15(17)6-8-20(2)18(16)7-9-21(20,23)24/h3,10-11,15-16,18,24H,1,4-9,12H2,2H3/t15-,16+,18-,20-,21-/m0/s1. The molecule has 0 amide bonds. The number of rotatable bonds is 3. The Hall–Kier alpha value is -0.260. The first-order chi connectivity index (χ1) is 11.9. The van der Waals surface area contributed by atoms with Crippen LogP contribution in [-0.4, -0.2) is 14.8 Å². The Morgan fingerprint density at radius 3 is 2.88 bits per heavy atom. The van der Waals surface area contributed by atoms with E-state index in [0.29, 0.717) is 17.8 Å². The van der Waals surface area contributed by atoms with Crippen molar-refractivity contribution in [2.75, 3.05) is 6.07 Å². The highest BCUT2D eigenvalue weighted by Crippen LogP contribution is 2.66. The lowest BCUT2D eigenvalue weighted by Gasteiger charge is -2.52. The predicted molar refractivity (Wildman–Crippen MR) is 111 cm³/mol. The predicted octanol–water partition coefficient (Wildman–Crippen LogP) is 5.88. The molecule has 0 radical (unpaired) electrons. The lowest BCUT2D eigenvalue weighted by molar-refractivity contribution is -0.0329. The van der Waals surface area contributed by atoms with Gasteiger partial charge in [-0.05, 0) is 102 Å². The molecular weight excluding hydrogens is 447 g/mol. The second-order valence-corrected chi connectivity index (χ2v) is 10.2. The molecule has 2 fully saturated rings. The van der Waals surface area contributed by atoms with Crippen molar-refractivity contribution in [2.45, 2.75) is 55.0 Å². The molecule has 25 heavy (non-hydrogen) atoms. The Morgan fingerprint density at radius 2 is 2.16 bits per heavy atom. The average Bonchev–Trinajstić information content (AvgIpc) is 2.84. The van der Waals surface area contributed by atoms with E-state index >= 15 is 0 Å². The van der Waals surface area contributed by atoms with Crippen molar-refractivity contribution in [2.24, 2.45) is 17.3 Å². The zero-order valence-corrected chi connectivity index (χ0v) is 17.6. The second-order valence-electron chi connectivity index (χ2n) is 8.22. The minimum absolute atomic E-state index is 0.0647. The Bertz CT molecular complexity index is 701. The van der Waals surface area contributed by atoms with Gasteiger partial charge in [0, 0.05) is 11.0 Å². The van der Waals surface area contributed by atoms with Gasteiger partial charge in [0.05, 0.1) is 0 Å². The first-order valence-electron chi connectivity index (χ1n) is 9.30. The number of ether oxygens (including phenoxy) is 1. The molecule has 1 N–H and O–H groups in total. The van der Waals surface area contributed by atoms with Gasteiger partial charge in [-0.3, -0.25) is 0 Å². The molecule has 2 saturated carbocycles. The molecule has 1 aromatic rings. The fourth-order valence-electron chi connectivity index (χ4n) is 5.92. The summed E-state index contributed by atoms with van der Waals surface area (Å²) in [5, 5.41) is 11.0. The van der Waals surface area contributed by atoms with Gasteiger partial charge in [0.1, 0.15) is 9.36 Å². The van der Waals surface area contributed by atoms with Crippen LogP contribution in [0.5, 0.6) is 5.75 Å². The molecule has 0 spiro atoms. The number of halogens is 2. The third kappa shape index (κ3) is 2.68. The highest BCUT2D eigenvalue weighted by molar-refractivity contribution is 14.1. The molecule has 2 nitrogen and oxygen atoms in total. The van der Waals surface area contributed by atoms with Gasteiger partial charge < -0.3 is 9.84 Å². The van der Waals surface area contributed by atoms with Crippen molar-refractivity contribution in [3.05, 3.63) is 35.4 Å². The van der Waals surface area contributed by atoms with Crippen molar-refractivity contribution >= 4 is 40.3 Å². The van der Waals surface area contributed by atoms with Gasteiger partial charge >= 0.3 is 0 Å². The molecule has 136 valence electrons. The molecule has 3 aliphatic carbocycles.